The predicted molar refractivity (Wildman–Crippen MR) is 136 cm³/mol. The number of para-hydroxylation sites is 2. The Hall–Kier alpha value is -3.71. The minimum Gasteiger partial charge on any atom is -0.495 e. The average molecular weight is 472 g/mol. The van der Waals surface area contributed by atoms with Gasteiger partial charge < -0.3 is 19.9 Å². The largest absolute Gasteiger partial charge is 0.495 e. The number of nitrogens with one attached hydrogen (secondary N) is 1. The van der Waals surface area contributed by atoms with Gasteiger partial charge in [0.25, 0.3) is 11.8 Å². The van der Waals surface area contributed by atoms with Gasteiger partial charge in [-0.2, -0.15) is 0 Å². The second-order valence-electron chi connectivity index (χ2n) is 8.14. The molecule has 0 aliphatic carbocycles. The molecule has 0 unspecified atom stereocenters. The number of rotatable bonds is 4. The maximum absolute atomic E-state index is 13.2. The van der Waals surface area contributed by atoms with Crippen LogP contribution in [0.4, 0.5) is 11.4 Å². The van der Waals surface area contributed by atoms with Crippen molar-refractivity contribution in [3.8, 4) is 5.75 Å². The zero-order chi connectivity index (χ0) is 23.5. The number of piperazine rings is 1. The van der Waals surface area contributed by atoms with Crippen molar-refractivity contribution >= 4 is 41.0 Å². The summed E-state index contributed by atoms with van der Waals surface area (Å²) in [5.74, 6) is 0.662. The molecule has 5 rings (SSSR count). The Morgan fingerprint density at radius 3 is 2.47 bits per heavy atom. The maximum Gasteiger partial charge on any atom is 0.262 e. The van der Waals surface area contributed by atoms with Crippen molar-refractivity contribution < 1.29 is 14.3 Å². The molecule has 2 amide bonds. The van der Waals surface area contributed by atoms with Crippen molar-refractivity contribution in [2.24, 2.45) is 0 Å². The summed E-state index contributed by atoms with van der Waals surface area (Å²) >= 11 is 1.42. The molecule has 2 aliphatic heterocycles. The van der Waals surface area contributed by atoms with Crippen LogP contribution in [-0.2, 0) is 4.79 Å². The highest BCUT2D eigenvalue weighted by atomic mass is 32.2. The number of carbonyl (C=O) groups excluding carboxylic acids is 2. The summed E-state index contributed by atoms with van der Waals surface area (Å²) in [6, 6.07) is 23.3. The van der Waals surface area contributed by atoms with E-state index in [0.717, 1.165) is 35.0 Å². The van der Waals surface area contributed by atoms with Crippen molar-refractivity contribution in [1.82, 2.24) is 4.90 Å². The molecule has 1 fully saturated rings. The molecule has 1 saturated heterocycles. The number of carbonyl (C=O) groups is 2. The number of nitrogens with zero attached hydrogens (tertiary/aromatic N) is 2. The summed E-state index contributed by atoms with van der Waals surface area (Å²) in [6.07, 6.45) is 1.88. The van der Waals surface area contributed by atoms with E-state index in [0.29, 0.717) is 29.2 Å². The van der Waals surface area contributed by atoms with Crippen LogP contribution in [0.1, 0.15) is 15.9 Å². The summed E-state index contributed by atoms with van der Waals surface area (Å²) in [7, 11) is 1.67. The first kappa shape index (κ1) is 22.1. The van der Waals surface area contributed by atoms with Crippen LogP contribution in [0, 0.1) is 0 Å². The number of amides is 2. The van der Waals surface area contributed by atoms with Crippen LogP contribution in [0.5, 0.6) is 5.75 Å². The van der Waals surface area contributed by atoms with Gasteiger partial charge in [-0.25, -0.2) is 0 Å². The quantitative estimate of drug-likeness (QED) is 0.557. The van der Waals surface area contributed by atoms with Gasteiger partial charge in [0, 0.05) is 36.6 Å². The molecular formula is C27H25N3O3S. The fourth-order valence-corrected chi connectivity index (χ4v) is 5.15. The molecule has 2 heterocycles. The van der Waals surface area contributed by atoms with Crippen LogP contribution >= 0.6 is 11.8 Å². The number of anilines is 2. The number of fused-ring (bicyclic) bond motifs is 1. The van der Waals surface area contributed by atoms with Gasteiger partial charge in [-0.15, -0.1) is 0 Å². The molecule has 3 aromatic carbocycles. The Morgan fingerprint density at radius 2 is 1.71 bits per heavy atom. The van der Waals surface area contributed by atoms with Crippen molar-refractivity contribution in [2.45, 2.75) is 4.90 Å². The van der Waals surface area contributed by atoms with E-state index in [-0.39, 0.29) is 11.8 Å². The first-order chi connectivity index (χ1) is 16.6. The van der Waals surface area contributed by atoms with Crippen LogP contribution in [-0.4, -0.2) is 50.0 Å². The van der Waals surface area contributed by atoms with Crippen molar-refractivity contribution in [1.29, 1.82) is 0 Å². The van der Waals surface area contributed by atoms with Crippen LogP contribution in [0.3, 0.4) is 0 Å². The van der Waals surface area contributed by atoms with Gasteiger partial charge in [-0.05, 0) is 42.0 Å². The van der Waals surface area contributed by atoms with Gasteiger partial charge in [0.2, 0.25) is 0 Å². The van der Waals surface area contributed by atoms with Crippen molar-refractivity contribution in [2.75, 3.05) is 43.5 Å². The second-order valence-corrected chi connectivity index (χ2v) is 9.22. The molecule has 0 aromatic heterocycles. The summed E-state index contributed by atoms with van der Waals surface area (Å²) in [5.41, 5.74) is 3.28. The van der Waals surface area contributed by atoms with E-state index in [2.05, 4.69) is 10.2 Å². The summed E-state index contributed by atoms with van der Waals surface area (Å²) in [5, 5.41) is 2.95. The third kappa shape index (κ3) is 4.52. The monoisotopic (exact) mass is 471 g/mol. The highest BCUT2D eigenvalue weighted by molar-refractivity contribution is 8.04. The molecule has 7 heteroatoms. The van der Waals surface area contributed by atoms with E-state index in [4.69, 9.17) is 4.74 Å². The van der Waals surface area contributed by atoms with Gasteiger partial charge in [0.1, 0.15) is 5.75 Å². The molecule has 0 bridgehead atoms. The molecule has 2 aliphatic rings. The number of hydrogen-bond acceptors (Lipinski definition) is 5. The number of methoxy groups -OCH3 is 1. The molecule has 1 N–H and O–H groups in total. The number of ether oxygens (including phenoxy) is 1. The first-order valence-electron chi connectivity index (χ1n) is 11.2. The van der Waals surface area contributed by atoms with Gasteiger partial charge in [-0.1, -0.05) is 54.2 Å². The molecule has 0 radical (unpaired) electrons. The molecular weight excluding hydrogens is 446 g/mol. The SMILES string of the molecule is COc1ccccc1N1CCN(C(=O)c2ccc3c(c2)NC(=O)C(=Cc2ccccc2)S3)CC1. The zero-order valence-electron chi connectivity index (χ0n) is 18.9. The molecule has 0 atom stereocenters. The highest BCUT2D eigenvalue weighted by Crippen LogP contribution is 2.39. The zero-order valence-corrected chi connectivity index (χ0v) is 19.7. The van der Waals surface area contributed by atoms with Crippen LogP contribution in [0.15, 0.2) is 82.6 Å². The third-order valence-electron chi connectivity index (χ3n) is 6.01. The predicted octanol–water partition coefficient (Wildman–Crippen LogP) is 4.74. The van der Waals surface area contributed by atoms with Crippen molar-refractivity contribution in [3.63, 3.8) is 0 Å². The van der Waals surface area contributed by atoms with Crippen LogP contribution < -0.4 is 15.0 Å². The van der Waals surface area contributed by atoms with E-state index in [1.165, 1.54) is 11.8 Å². The molecule has 172 valence electrons. The Labute approximate surface area is 203 Å². The fourth-order valence-electron chi connectivity index (χ4n) is 4.22. The molecule has 34 heavy (non-hydrogen) atoms. The van der Waals surface area contributed by atoms with Crippen LogP contribution in [0.25, 0.3) is 6.08 Å². The highest BCUT2D eigenvalue weighted by Gasteiger charge is 2.26. The fraction of sp³-hybridized carbons (Fsp3) is 0.185. The standard InChI is InChI=1S/C27H25N3O3S/c1-33-23-10-6-5-9-22(23)29-13-15-30(16-14-29)27(32)20-11-12-24-21(18-20)28-26(31)25(34-24)17-19-7-3-2-4-8-19/h2-12,17-18H,13-16H2,1H3,(H,28,31). The Balaban J connectivity index is 1.27. The van der Waals surface area contributed by atoms with E-state index in [1.54, 1.807) is 13.2 Å². The Kier molecular flexibility index (Phi) is 6.27. The summed E-state index contributed by atoms with van der Waals surface area (Å²) in [6.45, 7) is 2.71. The lowest BCUT2D eigenvalue weighted by molar-refractivity contribution is -0.112. The topological polar surface area (TPSA) is 61.9 Å². The van der Waals surface area contributed by atoms with E-state index in [1.807, 2.05) is 77.7 Å². The van der Waals surface area contributed by atoms with Gasteiger partial charge in [-0.3, -0.25) is 9.59 Å². The maximum atomic E-state index is 13.2. The van der Waals surface area contributed by atoms with Gasteiger partial charge >= 0.3 is 0 Å². The lowest BCUT2D eigenvalue weighted by Gasteiger charge is -2.36. The number of hydrogen-bond donors (Lipinski definition) is 1. The Morgan fingerprint density at radius 1 is 0.971 bits per heavy atom. The first-order valence-corrected chi connectivity index (χ1v) is 12.0. The van der Waals surface area contributed by atoms with Crippen LogP contribution in [0.2, 0.25) is 0 Å². The summed E-state index contributed by atoms with van der Waals surface area (Å²) in [4.78, 5) is 31.5. The van der Waals surface area contributed by atoms with E-state index < -0.39 is 0 Å². The smallest absolute Gasteiger partial charge is 0.262 e. The lowest BCUT2D eigenvalue weighted by Crippen LogP contribution is -2.48. The lowest BCUT2D eigenvalue weighted by atomic mass is 10.1. The second kappa shape index (κ2) is 9.65. The number of thioether (sulfide) groups is 1. The Bertz CT molecular complexity index is 1250. The number of benzene rings is 3. The van der Waals surface area contributed by atoms with E-state index in [9.17, 15) is 9.59 Å². The van der Waals surface area contributed by atoms with E-state index >= 15 is 0 Å². The molecule has 0 saturated carbocycles. The molecule has 6 nitrogen and oxygen atoms in total. The van der Waals surface area contributed by atoms with Gasteiger partial charge in [0.05, 0.1) is 23.4 Å². The molecule has 3 aromatic rings. The minimum atomic E-state index is -0.156. The summed E-state index contributed by atoms with van der Waals surface area (Å²) < 4.78 is 5.48. The van der Waals surface area contributed by atoms with Gasteiger partial charge in [0.15, 0.2) is 0 Å². The molecule has 0 spiro atoms. The normalized spacial score (nSPS) is 16.7. The third-order valence-corrected chi connectivity index (χ3v) is 7.11. The minimum absolute atomic E-state index is 0.0210. The average Bonchev–Trinajstić information content (AvgIpc) is 2.89. The van der Waals surface area contributed by atoms with Crippen molar-refractivity contribution in [3.05, 3.63) is 88.8 Å².